The van der Waals surface area contributed by atoms with Crippen LogP contribution < -0.4 is 5.73 Å². The average Bonchev–Trinajstić information content (AvgIpc) is 3.45. The fraction of sp³-hybridized carbons (Fsp3) is 0.310. The van der Waals surface area contributed by atoms with Crippen LogP contribution in [0.5, 0.6) is 0 Å². The fourth-order valence-electron chi connectivity index (χ4n) is 4.88. The van der Waals surface area contributed by atoms with Crippen molar-refractivity contribution in [2.75, 3.05) is 6.54 Å². The number of hydrogen-bond acceptors (Lipinski definition) is 7. The molecule has 0 fully saturated rings. The van der Waals surface area contributed by atoms with Gasteiger partial charge in [0.15, 0.2) is 0 Å². The number of carboxylic acids is 1. The summed E-state index contributed by atoms with van der Waals surface area (Å²) in [6, 6.07) is 12.1. The van der Waals surface area contributed by atoms with E-state index in [0.29, 0.717) is 17.0 Å². The molecule has 0 spiro atoms. The summed E-state index contributed by atoms with van der Waals surface area (Å²) in [5, 5.41) is 8.67. The Morgan fingerprint density at radius 2 is 1.79 bits per heavy atom. The Bertz CT molecular complexity index is 1380. The van der Waals surface area contributed by atoms with Gasteiger partial charge in [-0.1, -0.05) is 18.2 Å². The van der Waals surface area contributed by atoms with Crippen LogP contribution in [0.15, 0.2) is 61.3 Å². The Morgan fingerprint density at radius 1 is 1.05 bits per heavy atom. The lowest BCUT2D eigenvalue weighted by molar-refractivity contribution is 0.0694. The van der Waals surface area contributed by atoms with Crippen LogP contribution in [0.3, 0.4) is 0 Å². The molecule has 1 aromatic carbocycles. The maximum Gasteiger partial charge on any atom is 0.339 e. The molecular weight excluding hydrogens is 494 g/mol. The van der Waals surface area contributed by atoms with Gasteiger partial charge in [-0.15, -0.1) is 0 Å². The molecular formula is C29H33N7O3. The quantitative estimate of drug-likeness (QED) is 0.313. The molecule has 10 heteroatoms. The van der Waals surface area contributed by atoms with Crippen LogP contribution in [0.1, 0.15) is 73.6 Å². The highest BCUT2D eigenvalue weighted by molar-refractivity contribution is 5.92. The average molecular weight is 528 g/mol. The molecule has 0 aliphatic heterocycles. The van der Waals surface area contributed by atoms with E-state index in [1.54, 1.807) is 32.2 Å². The zero-order valence-electron chi connectivity index (χ0n) is 22.2. The summed E-state index contributed by atoms with van der Waals surface area (Å²) < 4.78 is 0. The molecule has 1 unspecified atom stereocenters. The lowest BCUT2D eigenvalue weighted by Crippen LogP contribution is -2.33. The van der Waals surface area contributed by atoms with Crippen molar-refractivity contribution in [2.24, 2.45) is 5.73 Å². The summed E-state index contributed by atoms with van der Waals surface area (Å²) in [4.78, 5) is 44.2. The van der Waals surface area contributed by atoms with Gasteiger partial charge in [0, 0.05) is 43.7 Å². The molecule has 0 bridgehead atoms. The van der Waals surface area contributed by atoms with Crippen LogP contribution in [0.4, 0.5) is 0 Å². The van der Waals surface area contributed by atoms with Crippen molar-refractivity contribution in [3.63, 3.8) is 0 Å². The van der Waals surface area contributed by atoms with E-state index in [2.05, 4.69) is 30.9 Å². The predicted octanol–water partition coefficient (Wildman–Crippen LogP) is 3.82. The van der Waals surface area contributed by atoms with Gasteiger partial charge in [-0.05, 0) is 62.4 Å². The minimum Gasteiger partial charge on any atom is -0.478 e. The number of aromatic carboxylic acids is 1. The maximum absolute atomic E-state index is 11.3. The van der Waals surface area contributed by atoms with Crippen molar-refractivity contribution >= 4 is 11.9 Å². The summed E-state index contributed by atoms with van der Waals surface area (Å²) >= 11 is 0. The van der Waals surface area contributed by atoms with Gasteiger partial charge in [0.05, 0.1) is 23.1 Å². The molecule has 1 aliphatic rings. The van der Waals surface area contributed by atoms with E-state index in [0.717, 1.165) is 43.7 Å². The van der Waals surface area contributed by atoms with Crippen LogP contribution in [0.2, 0.25) is 0 Å². The molecule has 3 heterocycles. The Morgan fingerprint density at radius 3 is 2.41 bits per heavy atom. The topological polar surface area (TPSA) is 151 Å². The van der Waals surface area contributed by atoms with Gasteiger partial charge < -0.3 is 15.8 Å². The number of hydrogen-bond donors (Lipinski definition) is 3. The van der Waals surface area contributed by atoms with Crippen molar-refractivity contribution in [1.82, 2.24) is 29.8 Å². The number of amides is 1. The van der Waals surface area contributed by atoms with E-state index >= 15 is 0 Å². The van der Waals surface area contributed by atoms with E-state index in [9.17, 15) is 9.59 Å². The monoisotopic (exact) mass is 527 g/mol. The number of benzene rings is 1. The van der Waals surface area contributed by atoms with Crippen LogP contribution in [-0.2, 0) is 19.4 Å². The van der Waals surface area contributed by atoms with Crippen LogP contribution in [0.25, 0.3) is 0 Å². The maximum atomic E-state index is 11.3. The minimum absolute atomic E-state index is 0.201. The zero-order chi connectivity index (χ0) is 27.8. The lowest BCUT2D eigenvalue weighted by Gasteiger charge is -2.35. The predicted molar refractivity (Wildman–Crippen MR) is 146 cm³/mol. The van der Waals surface area contributed by atoms with Gasteiger partial charge in [0.1, 0.15) is 17.7 Å². The van der Waals surface area contributed by atoms with Crippen LogP contribution in [0, 0.1) is 13.8 Å². The summed E-state index contributed by atoms with van der Waals surface area (Å²) in [5.41, 5.74) is 10.8. The lowest BCUT2D eigenvalue weighted by atomic mass is 9.90. The highest BCUT2D eigenvalue weighted by Crippen LogP contribution is 2.33. The number of primary amides is 1. The summed E-state index contributed by atoms with van der Waals surface area (Å²) in [5.74, 6) is -0.377. The van der Waals surface area contributed by atoms with Gasteiger partial charge in [-0.3, -0.25) is 14.7 Å². The highest BCUT2D eigenvalue weighted by Gasteiger charge is 2.27. The molecule has 5 rings (SSSR count). The Kier molecular flexibility index (Phi) is 9.11. The van der Waals surface area contributed by atoms with E-state index < -0.39 is 11.9 Å². The number of carboxylic acid groups (broad SMARTS) is 1. The molecule has 0 saturated heterocycles. The molecule has 4 aromatic rings. The van der Waals surface area contributed by atoms with E-state index in [-0.39, 0.29) is 11.6 Å². The van der Waals surface area contributed by atoms with Gasteiger partial charge >= 0.3 is 5.97 Å². The third-order valence-corrected chi connectivity index (χ3v) is 6.86. The number of carbonyl (C=O) groups excluding carboxylic acids is 1. The molecule has 3 aromatic heterocycles. The first-order chi connectivity index (χ1) is 18.8. The Labute approximate surface area is 227 Å². The number of carbonyl (C=O) groups is 2. The van der Waals surface area contributed by atoms with Crippen LogP contribution in [-0.4, -0.2) is 53.3 Å². The molecule has 39 heavy (non-hydrogen) atoms. The van der Waals surface area contributed by atoms with Gasteiger partial charge in [-0.25, -0.2) is 19.7 Å². The first kappa shape index (κ1) is 27.6. The Balaban J connectivity index is 0.000000270. The molecule has 0 saturated carbocycles. The van der Waals surface area contributed by atoms with Crippen molar-refractivity contribution < 1.29 is 14.7 Å². The first-order valence-electron chi connectivity index (χ1n) is 12.9. The van der Waals surface area contributed by atoms with Crippen molar-refractivity contribution in [2.45, 2.75) is 52.1 Å². The summed E-state index contributed by atoms with van der Waals surface area (Å²) in [7, 11) is 0. The second kappa shape index (κ2) is 12.9. The number of H-pyrrole nitrogens is 1. The number of pyridine rings is 1. The second-order valence-corrected chi connectivity index (χ2v) is 9.50. The molecule has 1 aliphatic carbocycles. The first-order valence-corrected chi connectivity index (χ1v) is 12.9. The number of nitrogens with zero attached hydrogens (tertiary/aromatic N) is 5. The normalized spacial score (nSPS) is 14.3. The molecule has 0 radical (unpaired) electrons. The van der Waals surface area contributed by atoms with E-state index in [4.69, 9.17) is 15.8 Å². The number of imidazole rings is 1. The van der Waals surface area contributed by atoms with Gasteiger partial charge in [0.2, 0.25) is 5.91 Å². The molecule has 1 atom stereocenters. The highest BCUT2D eigenvalue weighted by atomic mass is 16.4. The number of nitrogens with one attached hydrogen (secondary N) is 1. The second-order valence-electron chi connectivity index (χ2n) is 9.50. The fourth-order valence-corrected chi connectivity index (χ4v) is 4.88. The smallest absolute Gasteiger partial charge is 0.339 e. The minimum atomic E-state index is -0.972. The van der Waals surface area contributed by atoms with E-state index in [1.807, 2.05) is 30.6 Å². The number of aromatic nitrogens is 5. The number of aryl methyl sites for hydroxylation is 3. The summed E-state index contributed by atoms with van der Waals surface area (Å²) in [6.07, 6.45) is 11.1. The van der Waals surface area contributed by atoms with Gasteiger partial charge in [0.25, 0.3) is 0 Å². The van der Waals surface area contributed by atoms with Crippen LogP contribution >= 0.6 is 0 Å². The SMILES string of the molecule is Cc1ncnc(C)c1C(=O)O.NC(=O)c1ccc(CN(CCc2ncc[nH]2)C2CCCc3cccnc32)cc1. The molecule has 202 valence electrons. The van der Waals surface area contributed by atoms with Gasteiger partial charge in [-0.2, -0.15) is 0 Å². The standard InChI is InChI=1S/C22H25N5O.C7H8N2O2/c23-22(28)18-8-6-16(7-9-18)15-27(14-10-20-24-12-13-25-20)19-5-1-3-17-4-2-11-26-21(17)19;1-4-6(7(10)11)5(2)9-3-8-4/h2,4,6-9,11-13,19H,1,3,5,10,14-15H2,(H2,23,28)(H,24,25);3H,1-2H3,(H,10,11). The number of rotatable bonds is 8. The number of aromatic amines is 1. The Hall–Kier alpha value is -4.44. The largest absolute Gasteiger partial charge is 0.478 e. The van der Waals surface area contributed by atoms with Crippen molar-refractivity contribution in [3.8, 4) is 0 Å². The van der Waals surface area contributed by atoms with Crippen molar-refractivity contribution in [1.29, 1.82) is 0 Å². The van der Waals surface area contributed by atoms with E-state index in [1.165, 1.54) is 24.0 Å². The third-order valence-electron chi connectivity index (χ3n) is 6.86. The number of fused-ring (bicyclic) bond motifs is 1. The summed E-state index contributed by atoms with van der Waals surface area (Å²) in [6.45, 7) is 4.97. The molecule has 10 nitrogen and oxygen atoms in total. The molecule has 4 N–H and O–H groups in total. The number of nitrogens with two attached hydrogens (primary N) is 1. The third kappa shape index (κ3) is 7.11. The van der Waals surface area contributed by atoms with Crippen molar-refractivity contribution in [3.05, 3.63) is 106 Å². The molecule has 1 amide bonds. The zero-order valence-corrected chi connectivity index (χ0v) is 22.2.